The number of hydrogen-bond donors (Lipinski definition) is 1. The highest BCUT2D eigenvalue weighted by molar-refractivity contribution is 5.76. The van der Waals surface area contributed by atoms with Crippen molar-refractivity contribution in [2.75, 3.05) is 0 Å². The molecule has 1 aromatic heterocycles. The highest BCUT2D eigenvalue weighted by Gasteiger charge is 2.19. The Bertz CT molecular complexity index is 402. The van der Waals surface area contributed by atoms with Gasteiger partial charge in [-0.05, 0) is 53.9 Å². The first-order valence-corrected chi connectivity index (χ1v) is 7.66. The molecule has 1 N–H and O–H groups in total. The monoisotopic (exact) mass is 278 g/mol. The molecule has 1 amide bonds. The number of nitrogens with one attached hydrogen (secondary N) is 1. The van der Waals surface area contributed by atoms with E-state index < -0.39 is 0 Å². The van der Waals surface area contributed by atoms with Crippen LogP contribution in [0.4, 0.5) is 0 Å². The summed E-state index contributed by atoms with van der Waals surface area (Å²) in [5.74, 6) is 1.19. The summed E-state index contributed by atoms with van der Waals surface area (Å²) < 4.78 is 0. The zero-order valence-corrected chi connectivity index (χ0v) is 13.5. The van der Waals surface area contributed by atoms with Crippen LogP contribution in [0.25, 0.3) is 0 Å². The second kappa shape index (κ2) is 8.08. The largest absolute Gasteiger partial charge is 0.346 e. The summed E-state index contributed by atoms with van der Waals surface area (Å²) in [4.78, 5) is 21.4. The van der Waals surface area contributed by atoms with E-state index in [2.05, 4.69) is 43.9 Å². The summed E-state index contributed by atoms with van der Waals surface area (Å²) >= 11 is 0. The van der Waals surface area contributed by atoms with Crippen LogP contribution in [-0.2, 0) is 11.2 Å². The summed E-state index contributed by atoms with van der Waals surface area (Å²) in [6.07, 6.45) is 7.70. The highest BCUT2D eigenvalue weighted by Crippen LogP contribution is 2.11. The minimum atomic E-state index is 0.277. The van der Waals surface area contributed by atoms with Gasteiger partial charge in [0.2, 0.25) is 5.91 Å². The van der Waals surface area contributed by atoms with Gasteiger partial charge in [0.15, 0.2) is 0 Å². The van der Waals surface area contributed by atoms with E-state index in [0.29, 0.717) is 6.42 Å². The normalized spacial score (nSPS) is 11.3. The first-order chi connectivity index (χ1) is 9.41. The van der Waals surface area contributed by atoms with Gasteiger partial charge in [0.1, 0.15) is 12.0 Å². The molecule has 0 fully saturated rings. The van der Waals surface area contributed by atoms with Crippen molar-refractivity contribution >= 4 is 5.91 Å². The third-order valence-electron chi connectivity index (χ3n) is 3.41. The molecule has 4 heteroatoms. The van der Waals surface area contributed by atoms with Gasteiger partial charge >= 0.3 is 0 Å². The molecule has 0 saturated carbocycles. The average Bonchev–Trinajstić information content (AvgIpc) is 2.73. The Morgan fingerprint density at radius 2 is 1.85 bits per heavy atom. The molecular weight excluding hydrogens is 250 g/mol. The molecule has 0 aliphatic carbocycles. The van der Waals surface area contributed by atoms with Crippen molar-refractivity contribution in [3.8, 4) is 0 Å². The Morgan fingerprint density at radius 3 is 2.35 bits per heavy atom. The standard InChI is InChI=1S/C16H28N3O/c1-12(2)19(13(3)4)16(20)10-8-6-7-9-15-11-17-14(5)18-15/h12-13H,6-10H2,1-5H3,(H,17,18). The van der Waals surface area contributed by atoms with Crippen molar-refractivity contribution in [2.45, 2.75) is 78.8 Å². The molecule has 0 spiro atoms. The number of hydrogen-bond acceptors (Lipinski definition) is 2. The number of rotatable bonds is 8. The number of aromatic nitrogens is 2. The van der Waals surface area contributed by atoms with Crippen LogP contribution in [0.5, 0.6) is 0 Å². The lowest BCUT2D eigenvalue weighted by molar-refractivity contribution is -0.134. The molecule has 0 aromatic carbocycles. The SMILES string of the molecule is Cc1n[c]c(CCCCCC(=O)N(C(C)C)C(C)C)[nH]1. The predicted molar refractivity (Wildman–Crippen MR) is 81.5 cm³/mol. The van der Waals surface area contributed by atoms with Crippen molar-refractivity contribution in [3.63, 3.8) is 0 Å². The Kier molecular flexibility index (Phi) is 6.76. The lowest BCUT2D eigenvalue weighted by Crippen LogP contribution is -2.41. The second-order valence-corrected chi connectivity index (χ2v) is 5.96. The topological polar surface area (TPSA) is 49.0 Å². The minimum Gasteiger partial charge on any atom is -0.346 e. The summed E-state index contributed by atoms with van der Waals surface area (Å²) in [6, 6.07) is 0.565. The smallest absolute Gasteiger partial charge is 0.223 e. The van der Waals surface area contributed by atoms with Crippen molar-refractivity contribution in [2.24, 2.45) is 0 Å². The summed E-state index contributed by atoms with van der Waals surface area (Å²) in [5.41, 5.74) is 1.07. The molecule has 0 saturated heterocycles. The van der Waals surface area contributed by atoms with E-state index in [0.717, 1.165) is 37.2 Å². The van der Waals surface area contributed by atoms with Gasteiger partial charge in [-0.1, -0.05) is 6.42 Å². The number of aryl methyl sites for hydroxylation is 2. The van der Waals surface area contributed by atoms with Gasteiger partial charge in [0, 0.05) is 24.2 Å². The number of aromatic amines is 1. The van der Waals surface area contributed by atoms with Crippen molar-refractivity contribution in [1.29, 1.82) is 0 Å². The number of H-pyrrole nitrogens is 1. The molecule has 4 nitrogen and oxygen atoms in total. The summed E-state index contributed by atoms with van der Waals surface area (Å²) in [7, 11) is 0. The lowest BCUT2D eigenvalue weighted by atomic mass is 10.1. The molecular formula is C16H28N3O. The molecule has 0 aliphatic rings. The van der Waals surface area contributed by atoms with Crippen molar-refractivity contribution in [1.82, 2.24) is 14.9 Å². The van der Waals surface area contributed by atoms with Crippen molar-refractivity contribution < 1.29 is 4.79 Å². The second-order valence-electron chi connectivity index (χ2n) is 5.96. The molecule has 1 rings (SSSR count). The van der Waals surface area contributed by atoms with E-state index in [4.69, 9.17) is 0 Å². The van der Waals surface area contributed by atoms with Gasteiger partial charge in [0.05, 0.1) is 0 Å². The Labute approximate surface area is 123 Å². The van der Waals surface area contributed by atoms with E-state index in [9.17, 15) is 4.79 Å². The van der Waals surface area contributed by atoms with Crippen LogP contribution in [0.15, 0.2) is 0 Å². The molecule has 0 atom stereocenters. The average molecular weight is 278 g/mol. The van der Waals surface area contributed by atoms with Crippen LogP contribution < -0.4 is 0 Å². The van der Waals surface area contributed by atoms with E-state index >= 15 is 0 Å². The number of carbonyl (C=O) groups excluding carboxylic acids is 1. The first-order valence-electron chi connectivity index (χ1n) is 7.66. The fourth-order valence-corrected chi connectivity index (χ4v) is 2.60. The fraction of sp³-hybridized carbons (Fsp3) is 0.750. The molecule has 1 radical (unpaired) electrons. The van der Waals surface area contributed by atoms with Crippen LogP contribution in [-0.4, -0.2) is 32.9 Å². The maximum atomic E-state index is 12.2. The quantitative estimate of drug-likeness (QED) is 0.742. The van der Waals surface area contributed by atoms with E-state index in [1.807, 2.05) is 11.8 Å². The van der Waals surface area contributed by atoms with Crippen LogP contribution in [0.3, 0.4) is 0 Å². The zero-order valence-electron chi connectivity index (χ0n) is 13.5. The minimum absolute atomic E-state index is 0.277. The van der Waals surface area contributed by atoms with E-state index in [1.165, 1.54) is 0 Å². The molecule has 1 aromatic rings. The number of amides is 1. The molecule has 0 aliphatic heterocycles. The van der Waals surface area contributed by atoms with E-state index in [-0.39, 0.29) is 18.0 Å². The molecule has 1 heterocycles. The van der Waals surface area contributed by atoms with Gasteiger partial charge < -0.3 is 9.88 Å². The number of imidazole rings is 1. The molecule has 0 bridgehead atoms. The molecule has 0 unspecified atom stereocenters. The highest BCUT2D eigenvalue weighted by atomic mass is 16.2. The summed E-state index contributed by atoms with van der Waals surface area (Å²) in [6.45, 7) is 10.2. The van der Waals surface area contributed by atoms with Crippen LogP contribution in [0.2, 0.25) is 0 Å². The third kappa shape index (κ3) is 5.35. The first kappa shape index (κ1) is 16.7. The van der Waals surface area contributed by atoms with Crippen LogP contribution in [0.1, 0.15) is 64.9 Å². The Morgan fingerprint density at radius 1 is 1.20 bits per heavy atom. The van der Waals surface area contributed by atoms with Gasteiger partial charge in [0.25, 0.3) is 0 Å². The zero-order chi connectivity index (χ0) is 15.1. The van der Waals surface area contributed by atoms with Crippen LogP contribution in [0, 0.1) is 13.1 Å². The van der Waals surface area contributed by atoms with Gasteiger partial charge in [-0.15, -0.1) is 0 Å². The maximum Gasteiger partial charge on any atom is 0.223 e. The number of nitrogens with zero attached hydrogens (tertiary/aromatic N) is 2. The number of unbranched alkanes of at least 4 members (excludes halogenated alkanes) is 2. The van der Waals surface area contributed by atoms with E-state index in [1.54, 1.807) is 0 Å². The fourth-order valence-electron chi connectivity index (χ4n) is 2.60. The Hall–Kier alpha value is -1.32. The molecule has 113 valence electrons. The maximum absolute atomic E-state index is 12.2. The van der Waals surface area contributed by atoms with Crippen molar-refractivity contribution in [3.05, 3.63) is 17.7 Å². The van der Waals surface area contributed by atoms with Crippen LogP contribution >= 0.6 is 0 Å². The molecule has 20 heavy (non-hydrogen) atoms. The third-order valence-corrected chi connectivity index (χ3v) is 3.41. The number of carbonyl (C=O) groups is 1. The lowest BCUT2D eigenvalue weighted by Gasteiger charge is -2.30. The summed E-state index contributed by atoms with van der Waals surface area (Å²) in [5, 5.41) is 0. The van der Waals surface area contributed by atoms with Gasteiger partial charge in [-0.25, -0.2) is 4.98 Å². The van der Waals surface area contributed by atoms with Gasteiger partial charge in [-0.3, -0.25) is 4.79 Å². The van der Waals surface area contributed by atoms with Gasteiger partial charge in [-0.2, -0.15) is 0 Å². The predicted octanol–water partition coefficient (Wildman–Crippen LogP) is 3.27. The Balaban J connectivity index is 2.21.